The first kappa shape index (κ1) is 11.8. The van der Waals surface area contributed by atoms with Crippen molar-refractivity contribution < 1.29 is 14.6 Å². The number of carbonyl (C=O) groups is 1. The molecule has 0 aliphatic carbocycles. The van der Waals surface area contributed by atoms with Gasteiger partial charge in [-0.1, -0.05) is 0 Å². The third kappa shape index (κ3) is 2.36. The summed E-state index contributed by atoms with van der Waals surface area (Å²) in [6, 6.07) is 0. The molecule has 2 atom stereocenters. The lowest BCUT2D eigenvalue weighted by molar-refractivity contribution is -0.135. The highest BCUT2D eigenvalue weighted by atomic mass is 16.5. The van der Waals surface area contributed by atoms with Gasteiger partial charge in [-0.25, -0.2) is 0 Å². The average molecular weight is 228 g/mol. The Bertz CT molecular complexity index is 272. The van der Waals surface area contributed by atoms with Crippen molar-refractivity contribution in [3.05, 3.63) is 0 Å². The smallest absolute Gasteiger partial charge is 0.223 e. The summed E-state index contributed by atoms with van der Waals surface area (Å²) in [4.78, 5) is 13.5. The Kier molecular flexibility index (Phi) is 3.47. The number of nitrogens with two attached hydrogens (primary N) is 1. The molecule has 5 heteroatoms. The summed E-state index contributed by atoms with van der Waals surface area (Å²) in [5.41, 5.74) is 5.08. The van der Waals surface area contributed by atoms with Gasteiger partial charge in [0.05, 0.1) is 11.7 Å². The van der Waals surface area contributed by atoms with Crippen molar-refractivity contribution in [2.24, 2.45) is 5.73 Å². The molecule has 5 nitrogen and oxygen atoms in total. The van der Waals surface area contributed by atoms with E-state index in [1.165, 1.54) is 0 Å². The van der Waals surface area contributed by atoms with Gasteiger partial charge in [0, 0.05) is 39.1 Å². The maximum absolute atomic E-state index is 11.7. The van der Waals surface area contributed by atoms with E-state index in [9.17, 15) is 9.90 Å². The zero-order valence-corrected chi connectivity index (χ0v) is 9.52. The first-order valence-electron chi connectivity index (χ1n) is 5.95. The summed E-state index contributed by atoms with van der Waals surface area (Å²) in [5, 5.41) is 9.66. The van der Waals surface area contributed by atoms with Crippen LogP contribution in [0.5, 0.6) is 0 Å². The van der Waals surface area contributed by atoms with Crippen LogP contribution in [0.4, 0.5) is 0 Å². The molecule has 2 rings (SSSR count). The van der Waals surface area contributed by atoms with Crippen LogP contribution in [0, 0.1) is 0 Å². The van der Waals surface area contributed by atoms with Crippen LogP contribution in [0.2, 0.25) is 0 Å². The lowest BCUT2D eigenvalue weighted by Crippen LogP contribution is -2.45. The maximum Gasteiger partial charge on any atom is 0.223 e. The summed E-state index contributed by atoms with van der Waals surface area (Å²) in [5.74, 6) is 0.100. The number of rotatable bonds is 2. The fraction of sp³-hybridized carbons (Fsp3) is 0.909. The van der Waals surface area contributed by atoms with Crippen molar-refractivity contribution in [2.45, 2.75) is 37.4 Å². The van der Waals surface area contributed by atoms with Crippen LogP contribution in [0.3, 0.4) is 0 Å². The summed E-state index contributed by atoms with van der Waals surface area (Å²) in [6.45, 7) is 2.33. The van der Waals surface area contributed by atoms with Gasteiger partial charge >= 0.3 is 0 Å². The molecular weight excluding hydrogens is 208 g/mol. The van der Waals surface area contributed by atoms with Gasteiger partial charge in [-0.05, 0) is 12.8 Å². The highest BCUT2D eigenvalue weighted by Crippen LogP contribution is 2.34. The third-order valence-corrected chi connectivity index (χ3v) is 3.49. The molecule has 0 aromatic rings. The van der Waals surface area contributed by atoms with Crippen LogP contribution in [-0.2, 0) is 9.53 Å². The maximum atomic E-state index is 11.7. The quantitative estimate of drug-likeness (QED) is 0.666. The van der Waals surface area contributed by atoms with Gasteiger partial charge in [0.15, 0.2) is 0 Å². The average Bonchev–Trinajstić information content (AvgIpc) is 2.62. The van der Waals surface area contributed by atoms with E-state index in [1.54, 1.807) is 0 Å². The molecular formula is C11H20N2O3. The lowest BCUT2D eigenvalue weighted by Gasteiger charge is -2.36. The molecule has 0 aromatic heterocycles. The number of hydrogen-bond donors (Lipinski definition) is 2. The van der Waals surface area contributed by atoms with Crippen molar-refractivity contribution in [2.75, 3.05) is 26.2 Å². The second-order valence-electron chi connectivity index (χ2n) is 4.78. The second-order valence-corrected chi connectivity index (χ2v) is 4.78. The van der Waals surface area contributed by atoms with Crippen LogP contribution >= 0.6 is 0 Å². The van der Waals surface area contributed by atoms with E-state index in [1.807, 2.05) is 4.90 Å². The van der Waals surface area contributed by atoms with Crippen LogP contribution in [0.1, 0.15) is 25.7 Å². The monoisotopic (exact) mass is 228 g/mol. The van der Waals surface area contributed by atoms with Crippen molar-refractivity contribution in [1.29, 1.82) is 0 Å². The highest BCUT2D eigenvalue weighted by Gasteiger charge is 2.43. The van der Waals surface area contributed by atoms with Crippen molar-refractivity contribution in [1.82, 2.24) is 4.90 Å². The number of aliphatic hydroxyl groups is 1. The molecule has 2 aliphatic heterocycles. The van der Waals surface area contributed by atoms with Gasteiger partial charge in [-0.15, -0.1) is 0 Å². The normalized spacial score (nSPS) is 34.6. The molecule has 0 aromatic carbocycles. The number of nitrogens with zero attached hydrogens (tertiary/aromatic N) is 1. The minimum Gasteiger partial charge on any atom is -0.393 e. The molecule has 2 aliphatic rings. The number of likely N-dealkylation sites (tertiary alicyclic amines) is 1. The Morgan fingerprint density at radius 3 is 3.12 bits per heavy atom. The van der Waals surface area contributed by atoms with Gasteiger partial charge in [-0.3, -0.25) is 4.79 Å². The first-order chi connectivity index (χ1) is 7.65. The highest BCUT2D eigenvalue weighted by molar-refractivity contribution is 5.76. The van der Waals surface area contributed by atoms with E-state index in [0.717, 1.165) is 13.0 Å². The summed E-state index contributed by atoms with van der Waals surface area (Å²) < 4.78 is 5.77. The largest absolute Gasteiger partial charge is 0.393 e. The Hall–Kier alpha value is -0.650. The molecule has 0 unspecified atom stereocenters. The van der Waals surface area contributed by atoms with Crippen molar-refractivity contribution in [3.8, 4) is 0 Å². The topological polar surface area (TPSA) is 75.8 Å². The molecule has 0 saturated carbocycles. The second kappa shape index (κ2) is 4.69. The third-order valence-electron chi connectivity index (χ3n) is 3.49. The number of aliphatic hydroxyl groups excluding tert-OH is 1. The molecule has 0 bridgehead atoms. The standard InChI is InChI=1S/C11H20N2O3/c12-4-1-10(15)13-5-3-11(8-13)7-9(14)2-6-16-11/h9,14H,1-8,12H2/t9-,11-/m0/s1. The minimum absolute atomic E-state index is 0.100. The van der Waals surface area contributed by atoms with Crippen LogP contribution in [-0.4, -0.2) is 53.9 Å². The SMILES string of the molecule is NCCC(=O)N1CC[C@]2(C[C@@H](O)CCO2)C1. The Morgan fingerprint density at radius 2 is 2.44 bits per heavy atom. The first-order valence-corrected chi connectivity index (χ1v) is 5.95. The molecule has 1 spiro atoms. The Balaban J connectivity index is 1.93. The molecule has 0 radical (unpaired) electrons. The van der Waals surface area contributed by atoms with Crippen LogP contribution in [0.15, 0.2) is 0 Å². The minimum atomic E-state index is -0.290. The zero-order chi connectivity index (χ0) is 11.6. The van der Waals surface area contributed by atoms with E-state index >= 15 is 0 Å². The number of carbonyl (C=O) groups excluding carboxylic acids is 1. The predicted molar refractivity (Wildman–Crippen MR) is 58.8 cm³/mol. The zero-order valence-electron chi connectivity index (χ0n) is 9.52. The van der Waals surface area contributed by atoms with Gasteiger partial charge in [0.1, 0.15) is 0 Å². The molecule has 3 N–H and O–H groups in total. The molecule has 92 valence electrons. The van der Waals surface area contributed by atoms with E-state index in [0.29, 0.717) is 39.0 Å². The molecule has 16 heavy (non-hydrogen) atoms. The summed E-state index contributed by atoms with van der Waals surface area (Å²) in [7, 11) is 0. The predicted octanol–water partition coefficient (Wildman–Crippen LogP) is -0.522. The van der Waals surface area contributed by atoms with Gasteiger partial charge < -0.3 is 20.5 Å². The van der Waals surface area contributed by atoms with Gasteiger partial charge in [0.25, 0.3) is 0 Å². The number of amides is 1. The fourth-order valence-corrected chi connectivity index (χ4v) is 2.63. The molecule has 1 amide bonds. The Labute approximate surface area is 95.5 Å². The lowest BCUT2D eigenvalue weighted by atomic mass is 9.91. The molecule has 2 saturated heterocycles. The van der Waals surface area contributed by atoms with E-state index in [-0.39, 0.29) is 17.6 Å². The van der Waals surface area contributed by atoms with E-state index < -0.39 is 0 Å². The fourth-order valence-electron chi connectivity index (χ4n) is 2.63. The van der Waals surface area contributed by atoms with Crippen LogP contribution < -0.4 is 5.73 Å². The number of hydrogen-bond acceptors (Lipinski definition) is 4. The van der Waals surface area contributed by atoms with Crippen molar-refractivity contribution >= 4 is 5.91 Å². The summed E-state index contributed by atoms with van der Waals surface area (Å²) in [6.07, 6.45) is 2.31. The molecule has 2 fully saturated rings. The Morgan fingerprint density at radius 1 is 1.62 bits per heavy atom. The van der Waals surface area contributed by atoms with E-state index in [2.05, 4.69) is 0 Å². The van der Waals surface area contributed by atoms with Gasteiger partial charge in [0.2, 0.25) is 5.91 Å². The number of ether oxygens (including phenoxy) is 1. The van der Waals surface area contributed by atoms with E-state index in [4.69, 9.17) is 10.5 Å². The summed E-state index contributed by atoms with van der Waals surface area (Å²) >= 11 is 0. The van der Waals surface area contributed by atoms with Crippen molar-refractivity contribution in [3.63, 3.8) is 0 Å². The van der Waals surface area contributed by atoms with Crippen LogP contribution in [0.25, 0.3) is 0 Å². The molecule has 2 heterocycles. The van der Waals surface area contributed by atoms with Gasteiger partial charge in [-0.2, -0.15) is 0 Å².